The molecule has 26 heavy (non-hydrogen) atoms. The monoisotopic (exact) mass is 393 g/mol. The zero-order chi connectivity index (χ0) is 19.1. The number of amides is 1. The molecule has 0 aromatic heterocycles. The Morgan fingerprint density at radius 1 is 1.12 bits per heavy atom. The molecule has 0 fully saturated rings. The first-order valence-electron chi connectivity index (χ1n) is 7.68. The molecular formula is C19H17Cl2NO4. The predicted octanol–water partition coefficient (Wildman–Crippen LogP) is 4.59. The van der Waals surface area contributed by atoms with Gasteiger partial charge in [0.05, 0.1) is 22.8 Å². The lowest BCUT2D eigenvalue weighted by molar-refractivity contribution is -0.148. The third-order valence-electron chi connectivity index (χ3n) is 3.38. The number of ether oxygens (including phenoxy) is 2. The van der Waals surface area contributed by atoms with Crippen molar-refractivity contribution in [3.8, 4) is 5.75 Å². The number of carbonyl (C=O) groups excluding carboxylic acids is 2. The van der Waals surface area contributed by atoms with Crippen LogP contribution in [0.15, 0.2) is 48.5 Å². The molecule has 1 amide bonds. The van der Waals surface area contributed by atoms with Crippen LogP contribution in [0, 0.1) is 0 Å². The maximum Gasteiger partial charge on any atom is 0.331 e. The first-order chi connectivity index (χ1) is 12.4. The Kier molecular flexibility index (Phi) is 7.06. The van der Waals surface area contributed by atoms with E-state index in [1.165, 1.54) is 26.2 Å². The van der Waals surface area contributed by atoms with Gasteiger partial charge in [-0.05, 0) is 42.8 Å². The van der Waals surface area contributed by atoms with E-state index in [2.05, 4.69) is 5.32 Å². The first kappa shape index (κ1) is 19.8. The molecule has 0 heterocycles. The zero-order valence-electron chi connectivity index (χ0n) is 14.2. The summed E-state index contributed by atoms with van der Waals surface area (Å²) in [5.74, 6) is -0.608. The fraction of sp³-hybridized carbons (Fsp3) is 0.158. The first-order valence-corrected chi connectivity index (χ1v) is 8.44. The summed E-state index contributed by atoms with van der Waals surface area (Å²) in [5.41, 5.74) is 1.18. The second-order valence-electron chi connectivity index (χ2n) is 5.28. The predicted molar refractivity (Wildman–Crippen MR) is 103 cm³/mol. The molecule has 0 saturated heterocycles. The highest BCUT2D eigenvalue weighted by Gasteiger charge is 2.18. The summed E-state index contributed by atoms with van der Waals surface area (Å²) < 4.78 is 10.3. The summed E-state index contributed by atoms with van der Waals surface area (Å²) >= 11 is 11.7. The van der Waals surface area contributed by atoms with E-state index in [0.717, 1.165) is 0 Å². The summed E-state index contributed by atoms with van der Waals surface area (Å²) in [5, 5.41) is 3.46. The molecule has 7 heteroatoms. The molecule has 0 aliphatic heterocycles. The van der Waals surface area contributed by atoms with E-state index in [0.29, 0.717) is 27.0 Å². The molecule has 2 aromatic rings. The van der Waals surface area contributed by atoms with Gasteiger partial charge in [-0.15, -0.1) is 0 Å². The van der Waals surface area contributed by atoms with Gasteiger partial charge >= 0.3 is 5.97 Å². The summed E-state index contributed by atoms with van der Waals surface area (Å²) in [4.78, 5) is 24.1. The molecule has 5 nitrogen and oxygen atoms in total. The number of esters is 1. The van der Waals surface area contributed by atoms with Crippen LogP contribution in [0.25, 0.3) is 6.08 Å². The minimum atomic E-state index is -0.981. The Morgan fingerprint density at radius 3 is 2.54 bits per heavy atom. The molecule has 0 spiro atoms. The molecule has 0 bridgehead atoms. The number of carbonyl (C=O) groups is 2. The second-order valence-corrected chi connectivity index (χ2v) is 6.09. The number of hydrogen-bond donors (Lipinski definition) is 1. The molecule has 136 valence electrons. The average Bonchev–Trinajstić information content (AvgIpc) is 2.63. The van der Waals surface area contributed by atoms with E-state index in [9.17, 15) is 9.59 Å². The molecule has 1 atom stereocenters. The van der Waals surface area contributed by atoms with E-state index < -0.39 is 18.0 Å². The fourth-order valence-electron chi connectivity index (χ4n) is 2.03. The number of nitrogens with one attached hydrogen (secondary N) is 1. The third kappa shape index (κ3) is 5.51. The van der Waals surface area contributed by atoms with Crippen LogP contribution in [0.3, 0.4) is 0 Å². The lowest BCUT2D eigenvalue weighted by Gasteiger charge is -2.14. The number of anilines is 1. The Hall–Kier alpha value is -2.50. The van der Waals surface area contributed by atoms with Crippen molar-refractivity contribution in [2.45, 2.75) is 13.0 Å². The quantitative estimate of drug-likeness (QED) is 0.575. The van der Waals surface area contributed by atoms with Crippen molar-refractivity contribution in [1.29, 1.82) is 0 Å². The van der Waals surface area contributed by atoms with Gasteiger partial charge in [-0.2, -0.15) is 0 Å². The number of hydrogen-bond acceptors (Lipinski definition) is 4. The molecule has 0 radical (unpaired) electrons. The van der Waals surface area contributed by atoms with Gasteiger partial charge in [0.1, 0.15) is 5.75 Å². The van der Waals surface area contributed by atoms with Crippen LogP contribution in [0.4, 0.5) is 5.69 Å². The Balaban J connectivity index is 1.94. The van der Waals surface area contributed by atoms with E-state index >= 15 is 0 Å². The van der Waals surface area contributed by atoms with Crippen LogP contribution in [0.2, 0.25) is 10.0 Å². The normalized spacial score (nSPS) is 11.8. The van der Waals surface area contributed by atoms with Crippen molar-refractivity contribution in [2.75, 3.05) is 12.4 Å². The lowest BCUT2D eigenvalue weighted by atomic mass is 10.2. The minimum Gasteiger partial charge on any atom is -0.495 e. The molecule has 1 unspecified atom stereocenters. The molecular weight excluding hydrogens is 377 g/mol. The number of rotatable bonds is 6. The second kappa shape index (κ2) is 9.27. The minimum absolute atomic E-state index is 0.381. The summed E-state index contributed by atoms with van der Waals surface area (Å²) in [6.45, 7) is 1.48. The van der Waals surface area contributed by atoms with Crippen molar-refractivity contribution >= 4 is 46.8 Å². The maximum atomic E-state index is 12.2. The highest BCUT2D eigenvalue weighted by Crippen LogP contribution is 2.24. The standard InChI is InChI=1S/C19H17Cl2NO4/c1-12(19(24)22-16-5-3-4-6-17(16)25-2)26-18(23)10-8-13-7-9-14(20)15(21)11-13/h3-12H,1-2H3,(H,22,24). The van der Waals surface area contributed by atoms with Crippen LogP contribution in [0.1, 0.15) is 12.5 Å². The van der Waals surface area contributed by atoms with Gasteiger partial charge in [-0.1, -0.05) is 41.4 Å². The van der Waals surface area contributed by atoms with Gasteiger partial charge in [0, 0.05) is 6.08 Å². The van der Waals surface area contributed by atoms with Gasteiger partial charge in [0.2, 0.25) is 0 Å². The topological polar surface area (TPSA) is 64.6 Å². The molecule has 1 N–H and O–H groups in total. The molecule has 0 saturated carbocycles. The number of benzene rings is 2. The van der Waals surface area contributed by atoms with Crippen molar-refractivity contribution in [2.24, 2.45) is 0 Å². The van der Waals surface area contributed by atoms with Crippen molar-refractivity contribution < 1.29 is 19.1 Å². The van der Waals surface area contributed by atoms with Crippen LogP contribution in [-0.2, 0) is 14.3 Å². The van der Waals surface area contributed by atoms with Crippen molar-refractivity contribution in [3.05, 3.63) is 64.1 Å². The smallest absolute Gasteiger partial charge is 0.331 e. The third-order valence-corrected chi connectivity index (χ3v) is 4.12. The van der Waals surface area contributed by atoms with Gasteiger partial charge in [-0.3, -0.25) is 4.79 Å². The van der Waals surface area contributed by atoms with E-state index in [4.69, 9.17) is 32.7 Å². The Bertz CT molecular complexity index is 836. The van der Waals surface area contributed by atoms with Crippen LogP contribution < -0.4 is 10.1 Å². The van der Waals surface area contributed by atoms with Gasteiger partial charge < -0.3 is 14.8 Å². The molecule has 0 aliphatic rings. The Labute approximate surface area is 161 Å². The zero-order valence-corrected chi connectivity index (χ0v) is 15.7. The fourth-order valence-corrected chi connectivity index (χ4v) is 2.34. The number of halogens is 2. The van der Waals surface area contributed by atoms with Crippen LogP contribution in [0.5, 0.6) is 5.75 Å². The number of methoxy groups -OCH3 is 1. The Morgan fingerprint density at radius 2 is 1.85 bits per heavy atom. The van der Waals surface area contributed by atoms with Gasteiger partial charge in [0.25, 0.3) is 5.91 Å². The SMILES string of the molecule is COc1ccccc1NC(=O)C(C)OC(=O)C=Cc1ccc(Cl)c(Cl)c1. The highest BCUT2D eigenvalue weighted by atomic mass is 35.5. The summed E-state index contributed by atoms with van der Waals surface area (Å²) in [7, 11) is 1.50. The van der Waals surface area contributed by atoms with Gasteiger partial charge in [0.15, 0.2) is 6.10 Å². The molecule has 2 rings (SSSR count). The number of para-hydroxylation sites is 2. The van der Waals surface area contributed by atoms with Crippen molar-refractivity contribution in [3.63, 3.8) is 0 Å². The van der Waals surface area contributed by atoms with Crippen molar-refractivity contribution in [1.82, 2.24) is 0 Å². The lowest BCUT2D eigenvalue weighted by Crippen LogP contribution is -2.29. The summed E-state index contributed by atoms with van der Waals surface area (Å²) in [6, 6.07) is 11.9. The summed E-state index contributed by atoms with van der Waals surface area (Å²) in [6.07, 6.45) is 1.76. The average molecular weight is 394 g/mol. The molecule has 2 aromatic carbocycles. The van der Waals surface area contributed by atoms with Crippen LogP contribution in [-0.4, -0.2) is 25.1 Å². The van der Waals surface area contributed by atoms with E-state index in [1.807, 2.05) is 0 Å². The van der Waals surface area contributed by atoms with E-state index in [1.54, 1.807) is 42.5 Å². The maximum absolute atomic E-state index is 12.2. The largest absolute Gasteiger partial charge is 0.495 e. The van der Waals surface area contributed by atoms with Gasteiger partial charge in [-0.25, -0.2) is 4.79 Å². The van der Waals surface area contributed by atoms with E-state index in [-0.39, 0.29) is 0 Å². The van der Waals surface area contributed by atoms with Crippen LogP contribution >= 0.6 is 23.2 Å². The molecule has 0 aliphatic carbocycles. The highest BCUT2D eigenvalue weighted by molar-refractivity contribution is 6.42.